The molecule has 2 unspecified atom stereocenters. The number of hydrogen-bond acceptors (Lipinski definition) is 5. The van der Waals surface area contributed by atoms with E-state index in [0.717, 1.165) is 0 Å². The molecule has 0 radical (unpaired) electrons. The first-order valence-corrected chi connectivity index (χ1v) is 5.93. The van der Waals surface area contributed by atoms with Crippen molar-refractivity contribution >= 4 is 11.9 Å². The summed E-state index contributed by atoms with van der Waals surface area (Å²) in [5, 5.41) is 5.85. The van der Waals surface area contributed by atoms with Crippen molar-refractivity contribution in [3.8, 4) is 0 Å². The summed E-state index contributed by atoms with van der Waals surface area (Å²) >= 11 is 0. The fourth-order valence-corrected chi connectivity index (χ4v) is 1.55. The van der Waals surface area contributed by atoms with Crippen LogP contribution in [-0.4, -0.2) is 44.2 Å². The third kappa shape index (κ3) is 6.23. The van der Waals surface area contributed by atoms with E-state index in [1.54, 1.807) is 14.0 Å². The van der Waals surface area contributed by atoms with E-state index in [4.69, 9.17) is 10.5 Å². The molecule has 4 N–H and O–H groups in total. The van der Waals surface area contributed by atoms with Gasteiger partial charge in [-0.05, 0) is 33.4 Å². The van der Waals surface area contributed by atoms with E-state index in [1.165, 1.54) is 0 Å². The van der Waals surface area contributed by atoms with Crippen LogP contribution in [0.5, 0.6) is 0 Å². The number of carbonyl (C=O) groups is 2. The van der Waals surface area contributed by atoms with Gasteiger partial charge >= 0.3 is 5.97 Å². The number of amides is 1. The molecule has 6 nitrogen and oxygen atoms in total. The molecule has 0 aliphatic heterocycles. The normalized spacial score (nSPS) is 14.1. The number of likely N-dealkylation sites (N-methyl/N-ethyl adjacent to an activating group) is 2. The Kier molecular flexibility index (Phi) is 8.35. The van der Waals surface area contributed by atoms with Crippen molar-refractivity contribution < 1.29 is 14.3 Å². The Balaban J connectivity index is 4.24. The highest BCUT2D eigenvalue weighted by Crippen LogP contribution is 2.04. The molecule has 0 heterocycles. The molecule has 0 saturated heterocycles. The van der Waals surface area contributed by atoms with Gasteiger partial charge in [-0.2, -0.15) is 0 Å². The first-order chi connectivity index (χ1) is 8.06. The first-order valence-electron chi connectivity index (χ1n) is 5.93. The molecule has 0 aliphatic carbocycles. The van der Waals surface area contributed by atoms with Crippen LogP contribution >= 0.6 is 0 Å². The molecule has 0 aromatic heterocycles. The first kappa shape index (κ1) is 15.9. The number of rotatable bonds is 9. The molecule has 0 rings (SSSR count). The molecule has 0 aromatic carbocycles. The van der Waals surface area contributed by atoms with Gasteiger partial charge in [0, 0.05) is 0 Å². The van der Waals surface area contributed by atoms with Crippen molar-refractivity contribution in [3.05, 3.63) is 0 Å². The third-order valence-corrected chi connectivity index (χ3v) is 2.46. The Labute approximate surface area is 102 Å². The fourth-order valence-electron chi connectivity index (χ4n) is 1.55. The zero-order chi connectivity index (χ0) is 13.3. The molecule has 0 spiro atoms. The minimum absolute atomic E-state index is 0.284. The maximum absolute atomic E-state index is 11.6. The number of ether oxygens (including phenoxy) is 1. The van der Waals surface area contributed by atoms with E-state index in [9.17, 15) is 9.59 Å². The second-order valence-electron chi connectivity index (χ2n) is 3.68. The molecular weight excluding hydrogens is 222 g/mol. The molecule has 0 aromatic rings. The SMILES string of the molecule is CCNC(CCC(NC)C(N)=O)C(=O)OCC. The van der Waals surface area contributed by atoms with Gasteiger partial charge in [-0.3, -0.25) is 9.59 Å². The number of nitrogens with two attached hydrogens (primary N) is 1. The van der Waals surface area contributed by atoms with Crippen LogP contribution < -0.4 is 16.4 Å². The Morgan fingerprint density at radius 3 is 2.24 bits per heavy atom. The fraction of sp³-hybridized carbons (Fsp3) is 0.818. The molecule has 100 valence electrons. The molecule has 0 saturated carbocycles. The van der Waals surface area contributed by atoms with Crippen molar-refractivity contribution in [2.24, 2.45) is 5.73 Å². The van der Waals surface area contributed by atoms with Crippen LogP contribution in [0.3, 0.4) is 0 Å². The van der Waals surface area contributed by atoms with Gasteiger partial charge in [-0.1, -0.05) is 6.92 Å². The van der Waals surface area contributed by atoms with Gasteiger partial charge in [0.15, 0.2) is 0 Å². The monoisotopic (exact) mass is 245 g/mol. The maximum atomic E-state index is 11.6. The summed E-state index contributed by atoms with van der Waals surface area (Å²) in [5.74, 6) is -0.694. The number of esters is 1. The largest absolute Gasteiger partial charge is 0.465 e. The summed E-state index contributed by atoms with van der Waals surface area (Å²) in [5.41, 5.74) is 5.20. The van der Waals surface area contributed by atoms with Crippen molar-refractivity contribution in [2.75, 3.05) is 20.2 Å². The van der Waals surface area contributed by atoms with E-state index in [0.29, 0.717) is 26.0 Å². The molecule has 17 heavy (non-hydrogen) atoms. The standard InChI is InChI=1S/C11H23N3O3/c1-4-14-9(11(16)17-5-2)7-6-8(13-3)10(12)15/h8-9,13-14H,4-7H2,1-3H3,(H2,12,15). The van der Waals surface area contributed by atoms with Crippen LogP contribution in [0.2, 0.25) is 0 Å². The van der Waals surface area contributed by atoms with Crippen molar-refractivity contribution in [3.63, 3.8) is 0 Å². The summed E-state index contributed by atoms with van der Waals surface area (Å²) in [6.45, 7) is 4.70. The Morgan fingerprint density at radius 2 is 1.82 bits per heavy atom. The molecule has 2 atom stereocenters. The van der Waals surface area contributed by atoms with Crippen molar-refractivity contribution in [1.29, 1.82) is 0 Å². The van der Waals surface area contributed by atoms with E-state index in [-0.39, 0.29) is 12.0 Å². The summed E-state index contributed by atoms with van der Waals surface area (Å²) in [6.07, 6.45) is 1.02. The van der Waals surface area contributed by atoms with Gasteiger partial charge < -0.3 is 21.1 Å². The number of carbonyl (C=O) groups excluding carboxylic acids is 2. The van der Waals surface area contributed by atoms with E-state index < -0.39 is 11.9 Å². The van der Waals surface area contributed by atoms with E-state index in [1.807, 2.05) is 6.92 Å². The number of nitrogens with one attached hydrogen (secondary N) is 2. The average molecular weight is 245 g/mol. The highest BCUT2D eigenvalue weighted by atomic mass is 16.5. The highest BCUT2D eigenvalue weighted by Gasteiger charge is 2.21. The molecule has 6 heteroatoms. The summed E-state index contributed by atoms with van der Waals surface area (Å²) < 4.78 is 4.94. The highest BCUT2D eigenvalue weighted by molar-refractivity contribution is 5.80. The average Bonchev–Trinajstić information content (AvgIpc) is 2.28. The van der Waals surface area contributed by atoms with Crippen LogP contribution in [0.25, 0.3) is 0 Å². The van der Waals surface area contributed by atoms with Crippen LogP contribution in [-0.2, 0) is 14.3 Å². The maximum Gasteiger partial charge on any atom is 0.323 e. The second kappa shape index (κ2) is 8.95. The van der Waals surface area contributed by atoms with Crippen LogP contribution in [0.15, 0.2) is 0 Å². The van der Waals surface area contributed by atoms with Crippen LogP contribution in [0, 0.1) is 0 Å². The smallest absolute Gasteiger partial charge is 0.323 e. The summed E-state index contributed by atoms with van der Waals surface area (Å²) in [6, 6.07) is -0.791. The lowest BCUT2D eigenvalue weighted by molar-refractivity contribution is -0.146. The molecule has 0 aliphatic rings. The van der Waals surface area contributed by atoms with Gasteiger partial charge in [0.1, 0.15) is 6.04 Å². The predicted octanol–water partition coefficient (Wildman–Crippen LogP) is -0.619. The lowest BCUT2D eigenvalue weighted by Crippen LogP contribution is -2.43. The lowest BCUT2D eigenvalue weighted by Gasteiger charge is -2.18. The zero-order valence-electron chi connectivity index (χ0n) is 10.8. The second-order valence-corrected chi connectivity index (χ2v) is 3.68. The predicted molar refractivity (Wildman–Crippen MR) is 65.4 cm³/mol. The molecule has 0 fully saturated rings. The van der Waals surface area contributed by atoms with Crippen LogP contribution in [0.4, 0.5) is 0 Å². The lowest BCUT2D eigenvalue weighted by atomic mass is 10.1. The van der Waals surface area contributed by atoms with E-state index >= 15 is 0 Å². The zero-order valence-corrected chi connectivity index (χ0v) is 10.8. The quantitative estimate of drug-likeness (QED) is 0.471. The summed E-state index contributed by atoms with van der Waals surface area (Å²) in [7, 11) is 1.67. The molecular formula is C11H23N3O3. The van der Waals surface area contributed by atoms with Gasteiger partial charge in [-0.25, -0.2) is 0 Å². The molecule has 1 amide bonds. The van der Waals surface area contributed by atoms with Gasteiger partial charge in [-0.15, -0.1) is 0 Å². The van der Waals surface area contributed by atoms with Crippen LogP contribution in [0.1, 0.15) is 26.7 Å². The summed E-state index contributed by atoms with van der Waals surface area (Å²) in [4.78, 5) is 22.6. The minimum atomic E-state index is -0.411. The minimum Gasteiger partial charge on any atom is -0.465 e. The third-order valence-electron chi connectivity index (χ3n) is 2.46. The topological polar surface area (TPSA) is 93.5 Å². The Bertz CT molecular complexity index is 246. The Hall–Kier alpha value is -1.14. The van der Waals surface area contributed by atoms with Gasteiger partial charge in [0.2, 0.25) is 5.91 Å². The van der Waals surface area contributed by atoms with Gasteiger partial charge in [0.25, 0.3) is 0 Å². The number of primary amides is 1. The van der Waals surface area contributed by atoms with Crippen molar-refractivity contribution in [2.45, 2.75) is 38.8 Å². The van der Waals surface area contributed by atoms with E-state index in [2.05, 4.69) is 10.6 Å². The molecule has 0 bridgehead atoms. The Morgan fingerprint density at radius 1 is 1.24 bits per heavy atom. The number of hydrogen-bond donors (Lipinski definition) is 3. The van der Waals surface area contributed by atoms with Crippen molar-refractivity contribution in [1.82, 2.24) is 10.6 Å². The van der Waals surface area contributed by atoms with Gasteiger partial charge in [0.05, 0.1) is 12.6 Å².